The fraction of sp³-hybridized carbons (Fsp3) is 0.161. The Balaban J connectivity index is 1.23. The molecular weight excluding hydrogens is 569 g/mol. The molecule has 42 heavy (non-hydrogen) atoms. The van der Waals surface area contributed by atoms with E-state index in [0.29, 0.717) is 38.5 Å². The number of amides is 1. The zero-order valence-electron chi connectivity index (χ0n) is 22.4. The van der Waals surface area contributed by atoms with Crippen molar-refractivity contribution in [1.29, 1.82) is 0 Å². The Kier molecular flexibility index (Phi) is 8.20. The number of nitrogens with zero attached hydrogens (tertiary/aromatic N) is 4. The molecule has 2 aromatic heterocycles. The van der Waals surface area contributed by atoms with Crippen molar-refractivity contribution in [3.8, 4) is 11.4 Å². The van der Waals surface area contributed by atoms with Crippen LogP contribution >= 0.6 is 23.1 Å². The summed E-state index contributed by atoms with van der Waals surface area (Å²) in [6, 6.07) is 24.3. The monoisotopic (exact) mass is 594 g/mol. The van der Waals surface area contributed by atoms with Crippen molar-refractivity contribution in [3.05, 3.63) is 116 Å². The molecule has 2 N–H and O–H groups in total. The second-order valence-electron chi connectivity index (χ2n) is 9.74. The molecule has 1 aliphatic carbocycles. The number of H-pyrrole nitrogens is 1. The van der Waals surface area contributed by atoms with Crippen LogP contribution in [0, 0.1) is 10.1 Å². The maximum atomic E-state index is 13.4. The molecule has 0 radical (unpaired) electrons. The van der Waals surface area contributed by atoms with Crippen molar-refractivity contribution in [2.24, 2.45) is 4.99 Å². The van der Waals surface area contributed by atoms with Crippen molar-refractivity contribution < 1.29 is 9.72 Å². The number of aliphatic imine (C=N–C) groups is 1. The predicted molar refractivity (Wildman–Crippen MR) is 165 cm³/mol. The zero-order chi connectivity index (χ0) is 28.9. The summed E-state index contributed by atoms with van der Waals surface area (Å²) < 4.78 is 0. The molecule has 2 heterocycles. The molecule has 1 amide bonds. The van der Waals surface area contributed by atoms with Gasteiger partial charge < -0.3 is 5.32 Å². The van der Waals surface area contributed by atoms with E-state index < -0.39 is 4.92 Å². The third kappa shape index (κ3) is 6.17. The van der Waals surface area contributed by atoms with Crippen molar-refractivity contribution in [2.75, 3.05) is 0 Å². The Morgan fingerprint density at radius 1 is 1.07 bits per heavy atom. The van der Waals surface area contributed by atoms with Gasteiger partial charge in [0.25, 0.3) is 11.6 Å². The molecule has 0 saturated carbocycles. The molecule has 0 aliphatic heterocycles. The summed E-state index contributed by atoms with van der Waals surface area (Å²) in [4.78, 5) is 35.7. The highest BCUT2D eigenvalue weighted by atomic mass is 32.2. The van der Waals surface area contributed by atoms with Crippen LogP contribution in [0.4, 0.5) is 10.7 Å². The minimum Gasteiger partial charge on any atom is -0.348 e. The van der Waals surface area contributed by atoms with Crippen molar-refractivity contribution in [2.45, 2.75) is 42.3 Å². The molecule has 0 bridgehead atoms. The highest BCUT2D eigenvalue weighted by Gasteiger charge is 2.25. The van der Waals surface area contributed by atoms with E-state index in [2.05, 4.69) is 25.5 Å². The van der Waals surface area contributed by atoms with Crippen LogP contribution in [0.1, 0.15) is 44.8 Å². The number of nitro groups is 1. The summed E-state index contributed by atoms with van der Waals surface area (Å²) in [6.45, 7) is 0.427. The number of benzene rings is 3. The topological polar surface area (TPSA) is 126 Å². The number of thiophene rings is 1. The average Bonchev–Trinajstić information content (AvgIpc) is 3.65. The number of aromatic amines is 1. The zero-order valence-corrected chi connectivity index (χ0v) is 24.1. The summed E-state index contributed by atoms with van der Waals surface area (Å²) in [5.41, 5.74) is 4.08. The largest absolute Gasteiger partial charge is 0.348 e. The van der Waals surface area contributed by atoms with Crippen molar-refractivity contribution in [1.82, 2.24) is 20.5 Å². The molecule has 0 spiro atoms. The fourth-order valence-electron chi connectivity index (χ4n) is 4.84. The van der Waals surface area contributed by atoms with Gasteiger partial charge in [0.1, 0.15) is 5.00 Å². The maximum absolute atomic E-state index is 13.4. The van der Waals surface area contributed by atoms with E-state index in [9.17, 15) is 14.9 Å². The lowest BCUT2D eigenvalue weighted by molar-refractivity contribution is -0.387. The van der Waals surface area contributed by atoms with Crippen LogP contribution < -0.4 is 5.32 Å². The molecule has 0 saturated heterocycles. The summed E-state index contributed by atoms with van der Waals surface area (Å²) in [5.74, 6) is 0.441. The Labute approximate surface area is 250 Å². The molecule has 6 rings (SSSR count). The number of nitro benzene ring substituents is 1. The molecule has 9 nitrogen and oxygen atoms in total. The summed E-state index contributed by atoms with van der Waals surface area (Å²) in [5, 5.41) is 23.1. The minimum atomic E-state index is -0.420. The van der Waals surface area contributed by atoms with Gasteiger partial charge in [-0.15, -0.1) is 16.4 Å². The fourth-order valence-corrected chi connectivity index (χ4v) is 6.87. The van der Waals surface area contributed by atoms with Gasteiger partial charge in [-0.2, -0.15) is 0 Å². The van der Waals surface area contributed by atoms with Crippen molar-refractivity contribution >= 4 is 45.9 Å². The summed E-state index contributed by atoms with van der Waals surface area (Å²) in [6.07, 6.45) is 5.49. The predicted octanol–water partition coefficient (Wildman–Crippen LogP) is 7.15. The molecule has 0 fully saturated rings. The highest BCUT2D eigenvalue weighted by molar-refractivity contribution is 7.99. The Morgan fingerprint density at radius 3 is 2.62 bits per heavy atom. The molecule has 0 unspecified atom stereocenters. The number of nitrogens with one attached hydrogen (secondary N) is 2. The highest BCUT2D eigenvalue weighted by Crippen LogP contribution is 2.40. The molecule has 210 valence electrons. The Morgan fingerprint density at radius 2 is 1.83 bits per heavy atom. The minimum absolute atomic E-state index is 0.0682. The lowest BCUT2D eigenvalue weighted by Crippen LogP contribution is -2.24. The van der Waals surface area contributed by atoms with Crippen LogP contribution in [0.2, 0.25) is 0 Å². The first kappa shape index (κ1) is 27.6. The van der Waals surface area contributed by atoms with Crippen LogP contribution in [0.3, 0.4) is 0 Å². The van der Waals surface area contributed by atoms with Crippen molar-refractivity contribution in [3.63, 3.8) is 0 Å². The molecule has 0 atom stereocenters. The number of fused-ring (bicyclic) bond motifs is 1. The molecular formula is C31H26N6O3S2. The van der Waals surface area contributed by atoms with Gasteiger partial charge in [-0.1, -0.05) is 66.7 Å². The number of hydrogen-bond acceptors (Lipinski definition) is 8. The number of aromatic nitrogens is 3. The summed E-state index contributed by atoms with van der Waals surface area (Å²) in [7, 11) is 0. The first-order chi connectivity index (χ1) is 20.5. The van der Waals surface area contributed by atoms with Gasteiger partial charge in [0.05, 0.1) is 15.4 Å². The Bertz CT molecular complexity index is 1770. The third-order valence-corrected chi connectivity index (χ3v) is 9.03. The maximum Gasteiger partial charge on any atom is 0.283 e. The first-order valence-electron chi connectivity index (χ1n) is 13.5. The first-order valence-corrected chi connectivity index (χ1v) is 15.1. The molecule has 11 heteroatoms. The van der Waals surface area contributed by atoms with Crippen LogP contribution in [-0.4, -0.2) is 32.2 Å². The van der Waals surface area contributed by atoms with Crippen LogP contribution in [0.25, 0.3) is 11.4 Å². The second kappa shape index (κ2) is 12.5. The van der Waals surface area contributed by atoms with E-state index in [1.165, 1.54) is 22.3 Å². The number of carbonyl (C=O) groups excluding carboxylic acids is 1. The smallest absolute Gasteiger partial charge is 0.283 e. The van der Waals surface area contributed by atoms with E-state index >= 15 is 0 Å². The second-order valence-corrected chi connectivity index (χ2v) is 11.8. The van der Waals surface area contributed by atoms with E-state index in [0.717, 1.165) is 54.1 Å². The molecule has 1 aliphatic rings. The lowest BCUT2D eigenvalue weighted by atomic mass is 9.95. The Hall–Kier alpha value is -4.61. The van der Waals surface area contributed by atoms with E-state index in [4.69, 9.17) is 0 Å². The van der Waals surface area contributed by atoms with Gasteiger partial charge in [0.2, 0.25) is 5.16 Å². The van der Waals surface area contributed by atoms with Gasteiger partial charge in [0, 0.05) is 29.3 Å². The number of carbonyl (C=O) groups is 1. The van der Waals surface area contributed by atoms with E-state index in [1.807, 2.05) is 60.7 Å². The SMILES string of the molecule is O=C(NCc1ccccc1)c1c(N=Cc2ccc(Sc3n[nH]c(-c4ccccc4)n3)c([N+](=O)[O-])c2)sc2c1CCCC2. The number of rotatable bonds is 9. The quantitative estimate of drug-likeness (QED) is 0.106. The standard InChI is InChI=1S/C31H26N6O3S2/c38-29(32-18-20-9-3-1-4-10-20)27-23-13-7-8-14-25(23)41-30(27)33-19-21-15-16-26(24(17-21)37(39)40)42-31-34-28(35-36-31)22-11-5-2-6-12-22/h1-6,9-12,15-17,19H,7-8,13-14,18H2,(H,32,38)(H,34,35,36). The normalized spacial score (nSPS) is 12.8. The van der Waals surface area contributed by atoms with Crippen LogP contribution in [0.15, 0.2) is 93.9 Å². The number of hydrogen-bond donors (Lipinski definition) is 2. The lowest BCUT2D eigenvalue weighted by Gasteiger charge is -2.12. The molecule has 5 aromatic rings. The average molecular weight is 595 g/mol. The van der Waals surface area contributed by atoms with E-state index in [-0.39, 0.29) is 11.6 Å². The van der Waals surface area contributed by atoms with Gasteiger partial charge in [-0.05, 0) is 60.2 Å². The van der Waals surface area contributed by atoms with Gasteiger partial charge in [-0.25, -0.2) is 9.98 Å². The van der Waals surface area contributed by atoms with Crippen LogP contribution in [-0.2, 0) is 19.4 Å². The summed E-state index contributed by atoms with van der Waals surface area (Å²) >= 11 is 2.65. The molecule has 3 aromatic carbocycles. The number of aryl methyl sites for hydroxylation is 1. The van der Waals surface area contributed by atoms with Gasteiger partial charge in [0.15, 0.2) is 5.82 Å². The van der Waals surface area contributed by atoms with Crippen LogP contribution in [0.5, 0.6) is 0 Å². The third-order valence-electron chi connectivity index (χ3n) is 6.90. The van der Waals surface area contributed by atoms with E-state index in [1.54, 1.807) is 18.3 Å². The van der Waals surface area contributed by atoms with Gasteiger partial charge >= 0.3 is 0 Å². The van der Waals surface area contributed by atoms with Gasteiger partial charge in [-0.3, -0.25) is 20.0 Å².